The molecule has 0 bridgehead atoms. The number of carbonyl (C=O) groups is 4. The Labute approximate surface area is 146 Å². The van der Waals surface area contributed by atoms with Gasteiger partial charge in [-0.2, -0.15) is 0 Å². The topological polar surface area (TPSA) is 117 Å². The highest BCUT2D eigenvalue weighted by Crippen LogP contribution is 2.28. The van der Waals surface area contributed by atoms with E-state index in [0.717, 1.165) is 0 Å². The summed E-state index contributed by atoms with van der Waals surface area (Å²) in [6.45, 7) is 6.64. The largest absolute Gasteiger partial charge is 0.463 e. The second kappa shape index (κ2) is 9.36. The van der Waals surface area contributed by atoms with Crippen LogP contribution in [0.5, 0.6) is 0 Å². The zero-order valence-electron chi connectivity index (χ0n) is 15.1. The molecule has 1 N–H and O–H groups in total. The van der Waals surface area contributed by atoms with E-state index in [2.05, 4.69) is 5.32 Å². The van der Waals surface area contributed by atoms with Crippen molar-refractivity contribution in [1.29, 1.82) is 0 Å². The Bertz CT molecular complexity index is 520. The van der Waals surface area contributed by atoms with Gasteiger partial charge in [0.25, 0.3) is 0 Å². The minimum absolute atomic E-state index is 0.172. The highest BCUT2D eigenvalue weighted by Gasteiger charge is 2.49. The first-order chi connectivity index (χ1) is 11.6. The zero-order valence-corrected chi connectivity index (χ0v) is 15.1. The van der Waals surface area contributed by atoms with Gasteiger partial charge in [-0.3, -0.25) is 19.2 Å². The van der Waals surface area contributed by atoms with Crippen molar-refractivity contribution in [3.63, 3.8) is 0 Å². The van der Waals surface area contributed by atoms with Gasteiger partial charge in [0.15, 0.2) is 12.2 Å². The van der Waals surface area contributed by atoms with E-state index in [1.165, 1.54) is 27.7 Å². The molecule has 5 atom stereocenters. The predicted octanol–water partition coefficient (Wildman–Crippen LogP) is 0.0950. The van der Waals surface area contributed by atoms with Gasteiger partial charge in [0.2, 0.25) is 5.91 Å². The van der Waals surface area contributed by atoms with Crippen LogP contribution in [0.2, 0.25) is 0 Å². The molecule has 9 nitrogen and oxygen atoms in total. The zero-order chi connectivity index (χ0) is 19.1. The van der Waals surface area contributed by atoms with Gasteiger partial charge in [0, 0.05) is 27.7 Å². The molecule has 25 heavy (non-hydrogen) atoms. The fraction of sp³-hybridized carbons (Fsp3) is 0.750. The smallest absolute Gasteiger partial charge is 0.303 e. The molecule has 1 fully saturated rings. The number of ether oxygens (including phenoxy) is 4. The molecule has 1 aliphatic heterocycles. The molecule has 0 aromatic carbocycles. The number of nitrogens with one attached hydrogen (secondary N) is 1. The minimum Gasteiger partial charge on any atom is -0.463 e. The number of rotatable bonds is 6. The lowest BCUT2D eigenvalue weighted by Gasteiger charge is -2.45. The molecular weight excluding hydrogens is 334 g/mol. The van der Waals surface area contributed by atoms with Gasteiger partial charge in [0.05, 0.1) is 12.1 Å². The maximum atomic E-state index is 11.5. The average Bonchev–Trinajstić information content (AvgIpc) is 2.48. The number of hydrogen-bond donors (Lipinski definition) is 1. The predicted molar refractivity (Wildman–Crippen MR) is 84.3 cm³/mol. The molecule has 1 amide bonds. The standard InChI is InChI=1S/C16H25NO8/c1-6-12-14(17-8(2)18)16(24-11(5)21)15(23-10(4)20)13(25-12)7-22-9(3)19/h12-16H,6-7H2,1-5H3,(H,17,18)/t12-,13?,14?,15+,16-/m1/s1. The van der Waals surface area contributed by atoms with Crippen molar-refractivity contribution in [2.75, 3.05) is 6.61 Å². The molecule has 1 saturated heterocycles. The van der Waals surface area contributed by atoms with Crippen molar-refractivity contribution < 1.29 is 38.1 Å². The van der Waals surface area contributed by atoms with E-state index >= 15 is 0 Å². The van der Waals surface area contributed by atoms with Gasteiger partial charge in [0.1, 0.15) is 12.7 Å². The summed E-state index contributed by atoms with van der Waals surface area (Å²) >= 11 is 0. The molecule has 0 spiro atoms. The van der Waals surface area contributed by atoms with E-state index in [1.54, 1.807) is 0 Å². The third-order valence-electron chi connectivity index (χ3n) is 3.62. The molecular formula is C16H25NO8. The van der Waals surface area contributed by atoms with Gasteiger partial charge in [-0.25, -0.2) is 0 Å². The van der Waals surface area contributed by atoms with E-state index in [9.17, 15) is 19.2 Å². The SMILES string of the molecule is CC[C@H]1OC(COC(C)=O)[C@H](OC(C)=O)[C@H](OC(C)=O)C1NC(C)=O. The Morgan fingerprint density at radius 1 is 0.880 bits per heavy atom. The summed E-state index contributed by atoms with van der Waals surface area (Å²) in [4.78, 5) is 45.7. The summed E-state index contributed by atoms with van der Waals surface area (Å²) < 4.78 is 21.4. The summed E-state index contributed by atoms with van der Waals surface area (Å²) in [5.41, 5.74) is 0. The maximum absolute atomic E-state index is 11.5. The Morgan fingerprint density at radius 3 is 1.88 bits per heavy atom. The molecule has 1 heterocycles. The minimum atomic E-state index is -1.03. The van der Waals surface area contributed by atoms with Crippen LogP contribution in [-0.4, -0.2) is 60.9 Å². The van der Waals surface area contributed by atoms with Crippen molar-refractivity contribution in [2.45, 2.75) is 71.5 Å². The number of amides is 1. The molecule has 0 radical (unpaired) electrons. The van der Waals surface area contributed by atoms with Crippen LogP contribution >= 0.6 is 0 Å². The second-order valence-corrected chi connectivity index (χ2v) is 5.80. The highest BCUT2D eigenvalue weighted by atomic mass is 16.6. The first-order valence-corrected chi connectivity index (χ1v) is 8.06. The molecule has 0 aromatic rings. The molecule has 1 aliphatic rings. The summed E-state index contributed by atoms with van der Waals surface area (Å²) in [5, 5.41) is 2.69. The lowest BCUT2D eigenvalue weighted by atomic mass is 9.91. The average molecular weight is 359 g/mol. The number of esters is 3. The van der Waals surface area contributed by atoms with Gasteiger partial charge in [-0.1, -0.05) is 6.92 Å². The summed E-state index contributed by atoms with van der Waals surface area (Å²) in [6.07, 6.45) is -2.84. The second-order valence-electron chi connectivity index (χ2n) is 5.80. The quantitative estimate of drug-likeness (QED) is 0.524. The molecule has 0 aromatic heterocycles. The van der Waals surface area contributed by atoms with Crippen molar-refractivity contribution in [2.24, 2.45) is 0 Å². The van der Waals surface area contributed by atoms with Crippen LogP contribution in [0, 0.1) is 0 Å². The fourth-order valence-electron chi connectivity index (χ4n) is 2.77. The molecule has 9 heteroatoms. The monoisotopic (exact) mass is 359 g/mol. The molecule has 142 valence electrons. The van der Waals surface area contributed by atoms with E-state index < -0.39 is 48.4 Å². The highest BCUT2D eigenvalue weighted by molar-refractivity contribution is 5.73. The van der Waals surface area contributed by atoms with Crippen molar-refractivity contribution in [3.8, 4) is 0 Å². The van der Waals surface area contributed by atoms with Crippen LogP contribution in [0.3, 0.4) is 0 Å². The fourth-order valence-corrected chi connectivity index (χ4v) is 2.77. The molecule has 0 aliphatic carbocycles. The Hall–Kier alpha value is -2.16. The summed E-state index contributed by atoms with van der Waals surface area (Å²) in [6, 6.07) is -0.704. The van der Waals surface area contributed by atoms with Crippen molar-refractivity contribution in [1.82, 2.24) is 5.32 Å². The van der Waals surface area contributed by atoms with Crippen LogP contribution in [0.25, 0.3) is 0 Å². The number of carbonyl (C=O) groups excluding carboxylic acids is 4. The van der Waals surface area contributed by atoms with E-state index in [-0.39, 0.29) is 12.5 Å². The Balaban J connectivity index is 3.18. The van der Waals surface area contributed by atoms with Crippen LogP contribution in [-0.2, 0) is 38.1 Å². The number of hydrogen-bond acceptors (Lipinski definition) is 8. The van der Waals surface area contributed by atoms with E-state index in [0.29, 0.717) is 6.42 Å². The van der Waals surface area contributed by atoms with Gasteiger partial charge in [-0.15, -0.1) is 0 Å². The van der Waals surface area contributed by atoms with Gasteiger partial charge in [-0.05, 0) is 6.42 Å². The van der Waals surface area contributed by atoms with E-state index in [4.69, 9.17) is 18.9 Å². The molecule has 0 saturated carbocycles. The van der Waals surface area contributed by atoms with E-state index in [1.807, 2.05) is 6.92 Å². The first kappa shape index (κ1) is 20.9. The lowest BCUT2D eigenvalue weighted by molar-refractivity contribution is -0.223. The molecule has 1 rings (SSSR count). The van der Waals surface area contributed by atoms with Crippen molar-refractivity contribution in [3.05, 3.63) is 0 Å². The van der Waals surface area contributed by atoms with Crippen LogP contribution in [0.15, 0.2) is 0 Å². The first-order valence-electron chi connectivity index (χ1n) is 8.06. The van der Waals surface area contributed by atoms with Crippen molar-refractivity contribution >= 4 is 23.8 Å². The Morgan fingerprint density at radius 2 is 1.44 bits per heavy atom. The Kier molecular flexibility index (Phi) is 7.82. The summed E-state index contributed by atoms with van der Waals surface area (Å²) in [5.74, 6) is -2.08. The third-order valence-corrected chi connectivity index (χ3v) is 3.62. The van der Waals surface area contributed by atoms with Crippen LogP contribution < -0.4 is 5.32 Å². The third kappa shape index (κ3) is 6.33. The van der Waals surface area contributed by atoms with Gasteiger partial charge < -0.3 is 24.3 Å². The van der Waals surface area contributed by atoms with Crippen LogP contribution in [0.4, 0.5) is 0 Å². The normalized spacial score (nSPS) is 28.6. The lowest BCUT2D eigenvalue weighted by Crippen LogP contribution is -2.65. The van der Waals surface area contributed by atoms with Gasteiger partial charge >= 0.3 is 17.9 Å². The van der Waals surface area contributed by atoms with Crippen LogP contribution in [0.1, 0.15) is 41.0 Å². The maximum Gasteiger partial charge on any atom is 0.303 e. The summed E-state index contributed by atoms with van der Waals surface area (Å²) in [7, 11) is 0. The molecule has 2 unspecified atom stereocenters.